The third-order valence-electron chi connectivity index (χ3n) is 6.54. The molecule has 0 spiro atoms. The first-order valence-corrected chi connectivity index (χ1v) is 10.3. The van der Waals surface area contributed by atoms with E-state index in [2.05, 4.69) is 48.3 Å². The van der Waals surface area contributed by atoms with Gasteiger partial charge in [0.2, 0.25) is 11.8 Å². The Labute approximate surface area is 172 Å². The van der Waals surface area contributed by atoms with E-state index in [9.17, 15) is 9.59 Å². The van der Waals surface area contributed by atoms with Crippen LogP contribution >= 0.6 is 0 Å². The summed E-state index contributed by atoms with van der Waals surface area (Å²) >= 11 is 0. The number of hydrogen-bond donors (Lipinski definition) is 0. The van der Waals surface area contributed by atoms with Crippen LogP contribution in [0.2, 0.25) is 0 Å². The zero-order valence-corrected chi connectivity index (χ0v) is 17.3. The molecule has 1 aliphatic heterocycles. The van der Waals surface area contributed by atoms with Crippen molar-refractivity contribution in [2.24, 2.45) is 0 Å². The van der Waals surface area contributed by atoms with Gasteiger partial charge in [0.1, 0.15) is 5.54 Å². The highest BCUT2D eigenvalue weighted by molar-refractivity contribution is 5.92. The first kappa shape index (κ1) is 19.6. The summed E-state index contributed by atoms with van der Waals surface area (Å²) in [6.07, 6.45) is 2.30. The lowest BCUT2D eigenvalue weighted by molar-refractivity contribution is -0.151. The molecule has 5 heteroatoms. The molecule has 1 heterocycles. The number of hydrogen-bond acceptors (Lipinski definition) is 3. The Morgan fingerprint density at radius 1 is 1.00 bits per heavy atom. The van der Waals surface area contributed by atoms with Gasteiger partial charge in [-0.3, -0.25) is 14.5 Å². The predicted octanol–water partition coefficient (Wildman–Crippen LogP) is 2.00. The molecule has 2 amide bonds. The van der Waals surface area contributed by atoms with Crippen molar-refractivity contribution in [3.8, 4) is 0 Å². The molecule has 29 heavy (non-hydrogen) atoms. The van der Waals surface area contributed by atoms with Crippen molar-refractivity contribution in [1.29, 1.82) is 0 Å². The third-order valence-corrected chi connectivity index (χ3v) is 6.54. The summed E-state index contributed by atoms with van der Waals surface area (Å²) in [6.45, 7) is 2.18. The zero-order chi connectivity index (χ0) is 20.4. The second-order valence-electron chi connectivity index (χ2n) is 8.35. The van der Waals surface area contributed by atoms with Gasteiger partial charge in [-0.2, -0.15) is 0 Å². The summed E-state index contributed by atoms with van der Waals surface area (Å²) < 4.78 is 0. The summed E-state index contributed by atoms with van der Waals surface area (Å²) in [5.41, 5.74) is 3.14. The molecule has 2 aromatic rings. The van der Waals surface area contributed by atoms with Crippen LogP contribution in [0.1, 0.15) is 16.7 Å². The number of carbonyl (C=O) groups excluding carboxylic acids is 2. The lowest BCUT2D eigenvalue weighted by Crippen LogP contribution is -2.63. The second kappa shape index (κ2) is 7.99. The lowest BCUT2D eigenvalue weighted by Gasteiger charge is -2.43. The van der Waals surface area contributed by atoms with Gasteiger partial charge in [-0.15, -0.1) is 0 Å². The summed E-state index contributed by atoms with van der Waals surface area (Å²) in [5, 5.41) is 0. The van der Waals surface area contributed by atoms with Crippen LogP contribution in [0.4, 0.5) is 0 Å². The average molecular weight is 392 g/mol. The molecule has 1 aliphatic carbocycles. The number of benzene rings is 2. The molecule has 4 rings (SSSR count). The predicted molar refractivity (Wildman–Crippen MR) is 114 cm³/mol. The van der Waals surface area contributed by atoms with Crippen LogP contribution in [0.25, 0.3) is 0 Å². The fraction of sp³-hybridized carbons (Fsp3) is 0.417. The number of piperazine rings is 1. The van der Waals surface area contributed by atoms with E-state index in [-0.39, 0.29) is 18.4 Å². The van der Waals surface area contributed by atoms with Crippen LogP contribution in [-0.4, -0.2) is 72.3 Å². The molecular weight excluding hydrogens is 362 g/mol. The van der Waals surface area contributed by atoms with Crippen LogP contribution in [0, 0.1) is 0 Å². The molecule has 152 valence electrons. The highest BCUT2D eigenvalue weighted by Crippen LogP contribution is 2.36. The van der Waals surface area contributed by atoms with E-state index >= 15 is 0 Å². The maximum Gasteiger partial charge on any atom is 0.244 e. The number of amides is 2. The Morgan fingerprint density at radius 3 is 2.24 bits per heavy atom. The van der Waals surface area contributed by atoms with Crippen LogP contribution in [0.5, 0.6) is 0 Å². The van der Waals surface area contributed by atoms with Gasteiger partial charge in [0.15, 0.2) is 0 Å². The second-order valence-corrected chi connectivity index (χ2v) is 8.35. The van der Waals surface area contributed by atoms with Gasteiger partial charge < -0.3 is 9.80 Å². The van der Waals surface area contributed by atoms with E-state index in [0.29, 0.717) is 25.9 Å². The van der Waals surface area contributed by atoms with Gasteiger partial charge in [0.25, 0.3) is 0 Å². The topological polar surface area (TPSA) is 43.9 Å². The van der Waals surface area contributed by atoms with E-state index in [4.69, 9.17) is 0 Å². The molecule has 2 aromatic carbocycles. The SMILES string of the molecule is CN1CCN(C(=O)C2(N(C)CCc3ccccc3)Cc3ccccc3C2)CC1=O. The molecular formula is C24H29N3O2. The minimum absolute atomic E-state index is 0.0159. The normalized spacial score (nSPS) is 18.2. The van der Waals surface area contributed by atoms with Crippen LogP contribution < -0.4 is 0 Å². The average Bonchev–Trinajstić information content (AvgIpc) is 3.15. The highest BCUT2D eigenvalue weighted by atomic mass is 16.2. The van der Waals surface area contributed by atoms with Gasteiger partial charge in [0, 0.05) is 39.5 Å². The molecule has 2 aliphatic rings. The minimum Gasteiger partial charge on any atom is -0.342 e. The van der Waals surface area contributed by atoms with Crippen molar-refractivity contribution in [3.63, 3.8) is 0 Å². The maximum absolute atomic E-state index is 13.8. The standard InChI is InChI=1S/C24H29N3O2/c1-25-14-15-27(18-22(25)28)23(29)24(16-20-10-6-7-11-21(20)17-24)26(2)13-12-19-8-4-3-5-9-19/h3-11H,12-18H2,1-2H3. The van der Waals surface area contributed by atoms with Gasteiger partial charge in [-0.1, -0.05) is 54.6 Å². The Hall–Kier alpha value is -2.66. The Bertz CT molecular complexity index is 871. The van der Waals surface area contributed by atoms with Gasteiger partial charge >= 0.3 is 0 Å². The largest absolute Gasteiger partial charge is 0.342 e. The first-order valence-electron chi connectivity index (χ1n) is 10.3. The van der Waals surface area contributed by atoms with Crippen molar-refractivity contribution in [2.45, 2.75) is 24.8 Å². The Kier molecular flexibility index (Phi) is 5.41. The van der Waals surface area contributed by atoms with Crippen LogP contribution in [0.15, 0.2) is 54.6 Å². The molecule has 0 saturated carbocycles. The van der Waals surface area contributed by atoms with Gasteiger partial charge in [0.05, 0.1) is 6.54 Å². The molecule has 0 radical (unpaired) electrons. The van der Waals surface area contributed by atoms with E-state index < -0.39 is 5.54 Å². The number of fused-ring (bicyclic) bond motifs is 1. The van der Waals surface area contributed by atoms with Crippen molar-refractivity contribution < 1.29 is 9.59 Å². The van der Waals surface area contributed by atoms with Crippen molar-refractivity contribution in [3.05, 3.63) is 71.3 Å². The first-order chi connectivity index (χ1) is 14.0. The number of carbonyl (C=O) groups is 2. The quantitative estimate of drug-likeness (QED) is 0.783. The fourth-order valence-corrected chi connectivity index (χ4v) is 4.56. The van der Waals surface area contributed by atoms with Crippen molar-refractivity contribution in [1.82, 2.24) is 14.7 Å². The molecule has 0 atom stereocenters. The molecule has 0 unspecified atom stereocenters. The van der Waals surface area contributed by atoms with Crippen molar-refractivity contribution in [2.75, 3.05) is 40.3 Å². The summed E-state index contributed by atoms with van der Waals surface area (Å²) in [5.74, 6) is 0.105. The molecule has 0 N–H and O–H groups in total. The molecule has 1 fully saturated rings. The fourth-order valence-electron chi connectivity index (χ4n) is 4.56. The number of nitrogens with zero attached hydrogens (tertiary/aromatic N) is 3. The van der Waals surface area contributed by atoms with Gasteiger partial charge in [-0.25, -0.2) is 0 Å². The third kappa shape index (κ3) is 3.79. The number of rotatable bonds is 5. The van der Waals surface area contributed by atoms with Crippen LogP contribution in [-0.2, 0) is 28.9 Å². The van der Waals surface area contributed by atoms with E-state index in [1.165, 1.54) is 16.7 Å². The molecule has 1 saturated heterocycles. The Morgan fingerprint density at radius 2 is 1.62 bits per heavy atom. The monoisotopic (exact) mass is 391 g/mol. The maximum atomic E-state index is 13.8. The van der Waals surface area contributed by atoms with Gasteiger partial charge in [-0.05, 0) is 30.2 Å². The minimum atomic E-state index is -0.616. The smallest absolute Gasteiger partial charge is 0.244 e. The Balaban J connectivity index is 1.58. The van der Waals surface area contributed by atoms with E-state index in [0.717, 1.165) is 13.0 Å². The number of likely N-dealkylation sites (N-methyl/N-ethyl adjacent to an activating group) is 2. The van der Waals surface area contributed by atoms with Crippen molar-refractivity contribution >= 4 is 11.8 Å². The zero-order valence-electron chi connectivity index (χ0n) is 17.3. The summed E-state index contributed by atoms with van der Waals surface area (Å²) in [4.78, 5) is 31.8. The molecule has 0 bridgehead atoms. The van der Waals surface area contributed by atoms with Crippen LogP contribution in [0.3, 0.4) is 0 Å². The molecule has 0 aromatic heterocycles. The highest BCUT2D eigenvalue weighted by Gasteiger charge is 2.49. The summed E-state index contributed by atoms with van der Waals surface area (Å²) in [6, 6.07) is 18.7. The lowest BCUT2D eigenvalue weighted by atomic mass is 9.90. The molecule has 5 nitrogen and oxygen atoms in total. The van der Waals surface area contributed by atoms with E-state index in [1.54, 1.807) is 16.8 Å². The van der Waals surface area contributed by atoms with E-state index in [1.807, 2.05) is 18.2 Å². The summed E-state index contributed by atoms with van der Waals surface area (Å²) in [7, 11) is 3.86.